The number of aromatic nitrogens is 5. The highest BCUT2D eigenvalue weighted by Crippen LogP contribution is 2.50. The number of nitrogens with zero attached hydrogens (tertiary/aromatic N) is 6. The maximum absolute atomic E-state index is 14.8. The van der Waals surface area contributed by atoms with Crippen molar-refractivity contribution in [2.24, 2.45) is 5.92 Å². The first kappa shape index (κ1) is 20.2. The van der Waals surface area contributed by atoms with Crippen LogP contribution in [0.4, 0.5) is 14.6 Å². The molecular weight excluding hydrogens is 446 g/mol. The summed E-state index contributed by atoms with van der Waals surface area (Å²) in [5.41, 5.74) is -0.596. The zero-order chi connectivity index (χ0) is 23.0. The maximum Gasteiger partial charge on any atom is 0.167 e. The minimum absolute atomic E-state index is 0.103. The van der Waals surface area contributed by atoms with Gasteiger partial charge in [0.1, 0.15) is 33.6 Å². The molecule has 1 aromatic carbocycles. The van der Waals surface area contributed by atoms with E-state index in [1.807, 2.05) is 4.90 Å². The maximum atomic E-state index is 14.8. The van der Waals surface area contributed by atoms with E-state index in [4.69, 9.17) is 4.98 Å². The summed E-state index contributed by atoms with van der Waals surface area (Å²) >= 11 is 1.27. The number of halogens is 2. The summed E-state index contributed by atoms with van der Waals surface area (Å²) in [4.78, 5) is 6.77. The van der Waals surface area contributed by atoms with Crippen LogP contribution in [-0.4, -0.2) is 36.4 Å². The van der Waals surface area contributed by atoms with E-state index >= 15 is 0 Å². The van der Waals surface area contributed by atoms with Crippen molar-refractivity contribution in [1.29, 1.82) is 0 Å². The van der Waals surface area contributed by atoms with Crippen LogP contribution in [-0.2, 0) is 11.1 Å². The number of hydrogen-bond donors (Lipinski definition) is 1. The zero-order valence-corrected chi connectivity index (χ0v) is 18.6. The van der Waals surface area contributed by atoms with Gasteiger partial charge in [-0.3, -0.25) is 0 Å². The van der Waals surface area contributed by atoms with Crippen LogP contribution in [0.1, 0.15) is 30.8 Å². The van der Waals surface area contributed by atoms with Crippen LogP contribution in [0.3, 0.4) is 0 Å². The average Bonchev–Trinajstić information content (AvgIpc) is 3.45. The van der Waals surface area contributed by atoms with Crippen molar-refractivity contribution in [2.45, 2.75) is 31.4 Å². The van der Waals surface area contributed by atoms with E-state index in [2.05, 4.69) is 27.1 Å². The molecule has 1 saturated heterocycles. The van der Waals surface area contributed by atoms with Crippen LogP contribution in [0, 0.1) is 29.4 Å². The predicted molar refractivity (Wildman–Crippen MR) is 118 cm³/mol. The van der Waals surface area contributed by atoms with Crippen molar-refractivity contribution in [2.75, 3.05) is 11.4 Å². The Kier molecular flexibility index (Phi) is 4.16. The van der Waals surface area contributed by atoms with Gasteiger partial charge < -0.3 is 10.0 Å². The smallest absolute Gasteiger partial charge is 0.167 e. The number of fused-ring (bicyclic) bond motifs is 2. The number of hydrogen-bond acceptors (Lipinski definition) is 7. The molecule has 2 aliphatic rings. The van der Waals surface area contributed by atoms with E-state index in [-0.39, 0.29) is 11.5 Å². The van der Waals surface area contributed by atoms with E-state index < -0.39 is 22.8 Å². The highest BCUT2D eigenvalue weighted by molar-refractivity contribution is 7.14. The molecule has 4 heterocycles. The molecule has 1 aliphatic heterocycles. The van der Waals surface area contributed by atoms with E-state index in [1.165, 1.54) is 17.4 Å². The number of anilines is 1. The standard InChI is InChI=1S/C23H18F2N6OS/c1-22(2,32)21-29-28-20(33-21)15-12-26-31-10-7-18(27-19(15)31)30-9-6-13-5-8-23(13,30)16-11-14(24)3-4-17(16)25/h3-4,7,10-13,32H,6,9H2,1-2H3/t13-,23-/m1/s1. The molecule has 1 N–H and O–H groups in total. The Bertz CT molecular complexity index is 1480. The second-order valence-electron chi connectivity index (χ2n) is 8.74. The SMILES string of the molecule is CC(C)(O)c1nnc(-c2cnn3ccc(N4CC[C@H]5C#C[C@]54c4cc(F)ccc4F)nc23)s1. The van der Waals surface area contributed by atoms with Crippen LogP contribution < -0.4 is 4.90 Å². The Morgan fingerprint density at radius 1 is 1.24 bits per heavy atom. The quantitative estimate of drug-likeness (QED) is 0.466. The molecule has 10 heteroatoms. The molecule has 0 amide bonds. The molecule has 7 nitrogen and oxygen atoms in total. The summed E-state index contributed by atoms with van der Waals surface area (Å²) in [5, 5.41) is 24.0. The fourth-order valence-corrected chi connectivity index (χ4v) is 5.36. The molecule has 1 aliphatic carbocycles. The summed E-state index contributed by atoms with van der Waals surface area (Å²) in [6.45, 7) is 3.89. The Morgan fingerprint density at radius 3 is 2.82 bits per heavy atom. The number of aliphatic hydroxyl groups is 1. The molecule has 0 bridgehead atoms. The van der Waals surface area contributed by atoms with Gasteiger partial charge >= 0.3 is 0 Å². The lowest BCUT2D eigenvalue weighted by atomic mass is 9.73. The minimum atomic E-state index is -1.10. The van der Waals surface area contributed by atoms with Gasteiger partial charge in [0.15, 0.2) is 10.7 Å². The predicted octanol–water partition coefficient (Wildman–Crippen LogP) is 3.49. The lowest BCUT2D eigenvalue weighted by Gasteiger charge is -2.41. The molecule has 2 atom stereocenters. The molecule has 33 heavy (non-hydrogen) atoms. The van der Waals surface area contributed by atoms with Gasteiger partial charge in [-0.2, -0.15) is 5.10 Å². The Morgan fingerprint density at radius 2 is 2.09 bits per heavy atom. The summed E-state index contributed by atoms with van der Waals surface area (Å²) in [6, 6.07) is 5.29. The van der Waals surface area contributed by atoms with E-state index in [0.29, 0.717) is 33.6 Å². The van der Waals surface area contributed by atoms with Gasteiger partial charge in [-0.05, 0) is 44.5 Å². The first-order valence-electron chi connectivity index (χ1n) is 10.4. The lowest BCUT2D eigenvalue weighted by molar-refractivity contribution is 0.0775. The summed E-state index contributed by atoms with van der Waals surface area (Å²) in [5.74, 6) is 5.74. The highest BCUT2D eigenvalue weighted by Gasteiger charge is 2.54. The normalized spacial score (nSPS) is 21.6. The third-order valence-corrected chi connectivity index (χ3v) is 7.43. The van der Waals surface area contributed by atoms with Gasteiger partial charge in [-0.1, -0.05) is 23.2 Å². The van der Waals surface area contributed by atoms with Crippen molar-refractivity contribution in [3.63, 3.8) is 0 Å². The van der Waals surface area contributed by atoms with Crippen LogP contribution in [0.25, 0.3) is 16.2 Å². The van der Waals surface area contributed by atoms with Gasteiger partial charge in [-0.15, -0.1) is 10.2 Å². The van der Waals surface area contributed by atoms with Crippen molar-refractivity contribution < 1.29 is 13.9 Å². The Balaban J connectivity index is 1.46. The molecule has 4 aromatic rings. The van der Waals surface area contributed by atoms with Gasteiger partial charge in [0.2, 0.25) is 0 Å². The highest BCUT2D eigenvalue weighted by atomic mass is 32.1. The second kappa shape index (κ2) is 6.79. The third-order valence-electron chi connectivity index (χ3n) is 6.16. The minimum Gasteiger partial charge on any atom is -0.383 e. The van der Waals surface area contributed by atoms with Crippen molar-refractivity contribution in [3.8, 4) is 22.4 Å². The molecular formula is C23H18F2N6OS. The fourth-order valence-electron chi connectivity index (χ4n) is 4.51. The fraction of sp³-hybridized carbons (Fsp3) is 0.304. The third kappa shape index (κ3) is 2.89. The van der Waals surface area contributed by atoms with E-state index in [0.717, 1.165) is 18.6 Å². The van der Waals surface area contributed by atoms with Gasteiger partial charge in [-0.25, -0.2) is 18.3 Å². The molecule has 0 unspecified atom stereocenters. The molecule has 1 fully saturated rings. The molecule has 6 rings (SSSR count). The molecule has 0 saturated carbocycles. The molecule has 0 spiro atoms. The summed E-state index contributed by atoms with van der Waals surface area (Å²) in [6.07, 6.45) is 4.15. The Hall–Kier alpha value is -3.42. The molecule has 3 aromatic heterocycles. The largest absolute Gasteiger partial charge is 0.383 e. The first-order valence-corrected chi connectivity index (χ1v) is 11.3. The van der Waals surface area contributed by atoms with Crippen molar-refractivity contribution >= 4 is 22.8 Å². The van der Waals surface area contributed by atoms with Crippen LogP contribution >= 0.6 is 11.3 Å². The lowest BCUT2D eigenvalue weighted by Crippen LogP contribution is -2.49. The van der Waals surface area contributed by atoms with Crippen molar-refractivity contribution in [1.82, 2.24) is 24.8 Å². The molecule has 0 radical (unpaired) electrons. The number of rotatable bonds is 4. The van der Waals surface area contributed by atoms with Crippen LogP contribution in [0.2, 0.25) is 0 Å². The average molecular weight is 465 g/mol. The van der Waals surface area contributed by atoms with Crippen molar-refractivity contribution in [3.05, 3.63) is 58.9 Å². The zero-order valence-electron chi connectivity index (χ0n) is 17.8. The summed E-state index contributed by atoms with van der Waals surface area (Å²) < 4.78 is 30.5. The van der Waals surface area contributed by atoms with E-state index in [1.54, 1.807) is 36.8 Å². The molecule has 166 valence electrons. The monoisotopic (exact) mass is 464 g/mol. The topological polar surface area (TPSA) is 79.4 Å². The summed E-state index contributed by atoms with van der Waals surface area (Å²) in [7, 11) is 0. The van der Waals surface area contributed by atoms with E-state index in [9.17, 15) is 13.9 Å². The van der Waals surface area contributed by atoms with Crippen LogP contribution in [0.15, 0.2) is 36.7 Å². The van der Waals surface area contributed by atoms with Gasteiger partial charge in [0, 0.05) is 18.3 Å². The van der Waals surface area contributed by atoms with Gasteiger partial charge in [0.05, 0.1) is 17.7 Å². The Labute approximate surface area is 191 Å². The second-order valence-corrected chi connectivity index (χ2v) is 9.71. The van der Waals surface area contributed by atoms with Gasteiger partial charge in [0.25, 0.3) is 0 Å². The van der Waals surface area contributed by atoms with Crippen LogP contribution in [0.5, 0.6) is 0 Å². The first-order chi connectivity index (χ1) is 15.8. The number of benzene rings is 1.